The Kier molecular flexibility index (Phi) is 7.71. The van der Waals surface area contributed by atoms with E-state index in [0.29, 0.717) is 16.2 Å². The first-order valence-electron chi connectivity index (χ1n) is 9.86. The van der Waals surface area contributed by atoms with Gasteiger partial charge < -0.3 is 0 Å². The van der Waals surface area contributed by atoms with E-state index < -0.39 is 0 Å². The largest absolute Gasteiger partial charge is 0.0651 e. The predicted octanol–water partition coefficient (Wildman–Crippen LogP) is 7.82. The van der Waals surface area contributed by atoms with E-state index in [1.54, 1.807) is 0 Å². The Morgan fingerprint density at radius 1 is 0.636 bits per heavy atom. The van der Waals surface area contributed by atoms with Crippen LogP contribution in [0.2, 0.25) is 0 Å². The van der Waals surface area contributed by atoms with Gasteiger partial charge in [0.1, 0.15) is 0 Å². The lowest BCUT2D eigenvalue weighted by molar-refractivity contribution is -0.0822. The van der Waals surface area contributed by atoms with Crippen LogP contribution in [0.3, 0.4) is 0 Å². The highest BCUT2D eigenvalue weighted by molar-refractivity contribution is 5.00. The summed E-state index contributed by atoms with van der Waals surface area (Å²) in [6.07, 6.45) is 3.85. The molecule has 0 fully saturated rings. The van der Waals surface area contributed by atoms with Crippen molar-refractivity contribution >= 4 is 0 Å². The second-order valence-electron chi connectivity index (χ2n) is 9.48. The summed E-state index contributed by atoms with van der Waals surface area (Å²) in [5.74, 6) is 2.98. The third-order valence-corrected chi connectivity index (χ3v) is 8.54. The van der Waals surface area contributed by atoms with Gasteiger partial charge in [0.25, 0.3) is 0 Å². The Balaban J connectivity index is 5.91. The molecule has 0 spiro atoms. The molecule has 0 aromatic carbocycles. The van der Waals surface area contributed by atoms with Crippen molar-refractivity contribution in [3.63, 3.8) is 0 Å². The maximum absolute atomic E-state index is 2.58. The molecule has 0 aliphatic carbocycles. The molecular weight excluding hydrogens is 264 g/mol. The monoisotopic (exact) mass is 310 g/mol. The summed E-state index contributed by atoms with van der Waals surface area (Å²) in [6.45, 7) is 29.6. The van der Waals surface area contributed by atoms with Crippen molar-refractivity contribution < 1.29 is 0 Å². The first-order valence-corrected chi connectivity index (χ1v) is 9.86. The normalized spacial score (nSPS) is 21.5. The minimum atomic E-state index is 0.392. The van der Waals surface area contributed by atoms with Gasteiger partial charge >= 0.3 is 0 Å². The molecule has 134 valence electrons. The molecular formula is C22H46. The molecule has 0 bridgehead atoms. The molecule has 0 aromatic heterocycles. The minimum absolute atomic E-state index is 0.392. The van der Waals surface area contributed by atoms with Gasteiger partial charge in [0.15, 0.2) is 0 Å². The van der Waals surface area contributed by atoms with E-state index in [1.807, 2.05) is 0 Å². The average molecular weight is 311 g/mol. The zero-order chi connectivity index (χ0) is 17.9. The first-order chi connectivity index (χ1) is 9.86. The molecule has 22 heavy (non-hydrogen) atoms. The lowest BCUT2D eigenvalue weighted by Crippen LogP contribution is -2.50. The molecule has 0 radical (unpaired) electrons. The van der Waals surface area contributed by atoms with Crippen LogP contribution in [0, 0.1) is 39.9 Å². The molecule has 0 heteroatoms. The van der Waals surface area contributed by atoms with Crippen molar-refractivity contribution in [1.29, 1.82) is 0 Å². The van der Waals surface area contributed by atoms with Gasteiger partial charge in [0.2, 0.25) is 0 Å². The van der Waals surface area contributed by atoms with Crippen molar-refractivity contribution in [3.05, 3.63) is 0 Å². The predicted molar refractivity (Wildman–Crippen MR) is 103 cm³/mol. The quantitative estimate of drug-likeness (QED) is 0.407. The molecule has 4 unspecified atom stereocenters. The molecule has 0 aliphatic rings. The van der Waals surface area contributed by atoms with Crippen molar-refractivity contribution in [3.8, 4) is 0 Å². The van der Waals surface area contributed by atoms with Gasteiger partial charge in [-0.25, -0.2) is 0 Å². The molecule has 0 N–H and O–H groups in total. The Morgan fingerprint density at radius 2 is 1.05 bits per heavy atom. The second-order valence-corrected chi connectivity index (χ2v) is 9.48. The second kappa shape index (κ2) is 7.71. The van der Waals surface area contributed by atoms with Crippen LogP contribution in [0.25, 0.3) is 0 Å². The van der Waals surface area contributed by atoms with Crippen LogP contribution in [0.5, 0.6) is 0 Å². The van der Waals surface area contributed by atoms with Gasteiger partial charge in [-0.05, 0) is 52.8 Å². The van der Waals surface area contributed by atoms with Crippen LogP contribution in [0.15, 0.2) is 0 Å². The SMILES string of the molecule is CCC(C(C)C(C)(CC)C(C)(CC)C(C)C)C(C)(C)C(C)C. The van der Waals surface area contributed by atoms with E-state index >= 15 is 0 Å². The number of rotatable bonds is 9. The molecule has 0 saturated carbocycles. The summed E-state index contributed by atoms with van der Waals surface area (Å²) >= 11 is 0. The lowest BCUT2D eigenvalue weighted by Gasteiger charge is -2.57. The van der Waals surface area contributed by atoms with Gasteiger partial charge in [0.05, 0.1) is 0 Å². The molecule has 0 nitrogen and oxygen atoms in total. The van der Waals surface area contributed by atoms with E-state index in [0.717, 1.165) is 23.7 Å². The summed E-state index contributed by atoms with van der Waals surface area (Å²) in [5, 5.41) is 0. The highest BCUT2D eigenvalue weighted by Gasteiger charge is 2.51. The van der Waals surface area contributed by atoms with Crippen LogP contribution >= 0.6 is 0 Å². The van der Waals surface area contributed by atoms with E-state index in [4.69, 9.17) is 0 Å². The van der Waals surface area contributed by atoms with E-state index in [-0.39, 0.29) is 0 Å². The summed E-state index contributed by atoms with van der Waals surface area (Å²) < 4.78 is 0. The Hall–Kier alpha value is 0. The van der Waals surface area contributed by atoms with Gasteiger partial charge in [-0.2, -0.15) is 0 Å². The molecule has 0 aromatic rings. The Morgan fingerprint density at radius 3 is 1.27 bits per heavy atom. The first kappa shape index (κ1) is 22.0. The fraction of sp³-hybridized carbons (Fsp3) is 1.00. The van der Waals surface area contributed by atoms with Crippen LogP contribution in [-0.2, 0) is 0 Å². The van der Waals surface area contributed by atoms with Gasteiger partial charge in [-0.3, -0.25) is 0 Å². The zero-order valence-corrected chi connectivity index (χ0v) is 17.9. The van der Waals surface area contributed by atoms with Crippen LogP contribution in [-0.4, -0.2) is 0 Å². The minimum Gasteiger partial charge on any atom is -0.0651 e. The molecule has 0 aliphatic heterocycles. The highest BCUT2D eigenvalue weighted by atomic mass is 14.6. The van der Waals surface area contributed by atoms with Gasteiger partial charge in [-0.1, -0.05) is 89.5 Å². The Bertz CT molecular complexity index is 325. The smallest absolute Gasteiger partial charge is 0.0244 e. The lowest BCUT2D eigenvalue weighted by atomic mass is 9.48. The fourth-order valence-corrected chi connectivity index (χ4v) is 5.11. The van der Waals surface area contributed by atoms with Crippen molar-refractivity contribution in [2.75, 3.05) is 0 Å². The summed E-state index contributed by atoms with van der Waals surface area (Å²) in [6, 6.07) is 0. The Labute approximate surface area is 142 Å². The fourth-order valence-electron chi connectivity index (χ4n) is 5.11. The van der Waals surface area contributed by atoms with Crippen LogP contribution in [0.4, 0.5) is 0 Å². The number of hydrogen-bond acceptors (Lipinski definition) is 0. The van der Waals surface area contributed by atoms with Crippen molar-refractivity contribution in [2.24, 2.45) is 39.9 Å². The van der Waals surface area contributed by atoms with Crippen LogP contribution < -0.4 is 0 Å². The summed E-state index contributed by atoms with van der Waals surface area (Å²) in [5.41, 5.74) is 1.20. The molecule has 0 saturated heterocycles. The van der Waals surface area contributed by atoms with Crippen molar-refractivity contribution in [1.82, 2.24) is 0 Å². The van der Waals surface area contributed by atoms with E-state index in [1.165, 1.54) is 19.3 Å². The van der Waals surface area contributed by atoms with E-state index in [2.05, 4.69) is 83.1 Å². The van der Waals surface area contributed by atoms with E-state index in [9.17, 15) is 0 Å². The molecule has 0 rings (SSSR count). The van der Waals surface area contributed by atoms with Gasteiger partial charge in [-0.15, -0.1) is 0 Å². The topological polar surface area (TPSA) is 0 Å². The summed E-state index contributed by atoms with van der Waals surface area (Å²) in [7, 11) is 0. The molecule has 0 amide bonds. The number of hydrogen-bond donors (Lipinski definition) is 0. The maximum atomic E-state index is 2.58. The molecule has 4 atom stereocenters. The van der Waals surface area contributed by atoms with Crippen LogP contribution in [0.1, 0.15) is 102 Å². The zero-order valence-electron chi connectivity index (χ0n) is 17.9. The van der Waals surface area contributed by atoms with Crippen molar-refractivity contribution in [2.45, 2.75) is 102 Å². The average Bonchev–Trinajstić information content (AvgIpc) is 2.45. The van der Waals surface area contributed by atoms with Gasteiger partial charge in [0, 0.05) is 0 Å². The maximum Gasteiger partial charge on any atom is -0.0244 e. The third-order valence-electron chi connectivity index (χ3n) is 8.54. The third kappa shape index (κ3) is 3.57. The highest BCUT2D eigenvalue weighted by Crippen LogP contribution is 2.58. The molecule has 0 heterocycles. The summed E-state index contributed by atoms with van der Waals surface area (Å²) in [4.78, 5) is 0. The standard InChI is InChI=1S/C22H46/c1-13-19(20(9,10)16(4)5)18(8)22(12,15-3)21(11,14-2)17(6)7/h16-19H,13-15H2,1-12H3.